The zero-order valence-electron chi connectivity index (χ0n) is 21.3. The molecule has 1 aliphatic rings. The molecule has 0 aromatic heterocycles. The first-order chi connectivity index (χ1) is 15.2. The summed E-state index contributed by atoms with van der Waals surface area (Å²) in [6, 6.07) is 0. The molecule has 0 saturated carbocycles. The number of esters is 1. The Kier molecular flexibility index (Phi) is 15.2. The van der Waals surface area contributed by atoms with E-state index in [0.29, 0.717) is 13.0 Å². The number of hydrogen-bond acceptors (Lipinski definition) is 5. The summed E-state index contributed by atoms with van der Waals surface area (Å²) in [7, 11) is 0.172. The van der Waals surface area contributed by atoms with Crippen molar-refractivity contribution < 1.29 is 24.1 Å². The van der Waals surface area contributed by atoms with Crippen LogP contribution in [0.5, 0.6) is 0 Å². The minimum Gasteiger partial charge on any atom is -0.469 e. The fraction of sp³-hybridized carbons (Fsp3) is 0.885. The Bertz CT molecular complexity index is 557. The highest BCUT2D eigenvalue weighted by atomic mass is 28.3. The van der Waals surface area contributed by atoms with Gasteiger partial charge in [0, 0.05) is 13.0 Å². The number of aliphatic hydroxyl groups is 1. The summed E-state index contributed by atoms with van der Waals surface area (Å²) in [6.45, 7) is 9.37. The maximum absolute atomic E-state index is 12.2. The van der Waals surface area contributed by atoms with E-state index < -0.39 is 26.2 Å². The third-order valence-electron chi connectivity index (χ3n) is 5.93. The second-order valence-electron chi connectivity index (χ2n) is 10.2. The van der Waals surface area contributed by atoms with Gasteiger partial charge in [-0.05, 0) is 39.0 Å². The molecule has 0 radical (unpaired) electrons. The summed E-state index contributed by atoms with van der Waals surface area (Å²) < 4.78 is 16.4. The van der Waals surface area contributed by atoms with Crippen molar-refractivity contribution in [3.05, 3.63) is 0 Å². The van der Waals surface area contributed by atoms with Crippen LogP contribution in [0.15, 0.2) is 0 Å². The molecule has 1 rings (SSSR count). The SMILES string of the molecule is COC(=O)C(CCCCCCCCCCC#C[Si](C)(C)C)C(O)[C@H](C)OC1CCCCO1. The summed E-state index contributed by atoms with van der Waals surface area (Å²) in [4.78, 5) is 12.2. The predicted molar refractivity (Wildman–Crippen MR) is 133 cm³/mol. The molecule has 0 aliphatic carbocycles. The van der Waals surface area contributed by atoms with Crippen molar-refractivity contribution in [1.29, 1.82) is 0 Å². The molecule has 5 nitrogen and oxygen atoms in total. The van der Waals surface area contributed by atoms with E-state index in [1.807, 2.05) is 6.92 Å². The monoisotopic (exact) mass is 468 g/mol. The lowest BCUT2D eigenvalue weighted by Crippen LogP contribution is -2.41. The molecule has 0 bridgehead atoms. The van der Waals surface area contributed by atoms with Gasteiger partial charge in [-0.15, -0.1) is 11.5 Å². The zero-order chi connectivity index (χ0) is 23.8. The first kappa shape index (κ1) is 29.2. The number of unbranched alkanes of at least 4 members (excludes halogenated alkanes) is 8. The standard InChI is InChI=1S/C26H48O5Si/c1-22(31-24-19-15-16-20-30-24)25(27)23(26(28)29-2)18-14-12-10-8-6-7-9-11-13-17-21-32(3,4)5/h22-25,27H,6-16,18-20H2,1-5H3/t22-,23?,24?,25?/m0/s1. The van der Waals surface area contributed by atoms with Gasteiger partial charge in [0.25, 0.3) is 0 Å². The van der Waals surface area contributed by atoms with Crippen LogP contribution in [0.4, 0.5) is 0 Å². The Labute approximate surface area is 198 Å². The molecular formula is C26H48O5Si. The highest BCUT2D eigenvalue weighted by Crippen LogP contribution is 2.23. The molecule has 0 amide bonds. The molecule has 1 saturated heterocycles. The molecule has 4 atom stereocenters. The minimum absolute atomic E-state index is 0.279. The summed E-state index contributed by atoms with van der Waals surface area (Å²) in [5, 5.41) is 10.7. The molecule has 0 aromatic carbocycles. The molecule has 6 heteroatoms. The quantitative estimate of drug-likeness (QED) is 0.141. The fourth-order valence-corrected chi connectivity index (χ4v) is 4.67. The number of hydrogen-bond donors (Lipinski definition) is 1. The van der Waals surface area contributed by atoms with Crippen LogP contribution >= 0.6 is 0 Å². The number of carbonyl (C=O) groups excluding carboxylic acids is 1. The minimum atomic E-state index is -1.21. The molecule has 1 N–H and O–H groups in total. The van der Waals surface area contributed by atoms with Crippen molar-refractivity contribution in [2.45, 2.75) is 129 Å². The van der Waals surface area contributed by atoms with E-state index in [9.17, 15) is 9.90 Å². The molecule has 3 unspecified atom stereocenters. The van der Waals surface area contributed by atoms with E-state index in [-0.39, 0.29) is 12.3 Å². The van der Waals surface area contributed by atoms with Crippen molar-refractivity contribution in [3.8, 4) is 11.5 Å². The van der Waals surface area contributed by atoms with Crippen LogP contribution in [0.3, 0.4) is 0 Å². The highest BCUT2D eigenvalue weighted by Gasteiger charge is 2.33. The lowest BCUT2D eigenvalue weighted by atomic mass is 9.92. The molecular weight excluding hydrogens is 420 g/mol. The highest BCUT2D eigenvalue weighted by molar-refractivity contribution is 6.83. The topological polar surface area (TPSA) is 65.0 Å². The average Bonchev–Trinajstić information content (AvgIpc) is 2.76. The number of carbonyl (C=O) groups is 1. The smallest absolute Gasteiger partial charge is 0.311 e. The van der Waals surface area contributed by atoms with Crippen molar-refractivity contribution in [2.24, 2.45) is 5.92 Å². The van der Waals surface area contributed by atoms with E-state index in [2.05, 4.69) is 31.1 Å². The molecule has 186 valence electrons. The Morgan fingerprint density at radius 1 is 1.06 bits per heavy atom. The molecule has 32 heavy (non-hydrogen) atoms. The van der Waals surface area contributed by atoms with Crippen molar-refractivity contribution >= 4 is 14.0 Å². The van der Waals surface area contributed by atoms with Crippen LogP contribution in [0.25, 0.3) is 0 Å². The van der Waals surface area contributed by atoms with Crippen molar-refractivity contribution in [3.63, 3.8) is 0 Å². The van der Waals surface area contributed by atoms with Crippen LogP contribution in [0.1, 0.15) is 90.4 Å². The molecule has 0 aromatic rings. The Morgan fingerprint density at radius 3 is 2.25 bits per heavy atom. The van der Waals surface area contributed by atoms with Crippen LogP contribution in [0.2, 0.25) is 19.6 Å². The fourth-order valence-electron chi connectivity index (χ4n) is 4.01. The largest absolute Gasteiger partial charge is 0.469 e. The summed E-state index contributed by atoms with van der Waals surface area (Å²) in [5.74, 6) is 2.45. The van der Waals surface area contributed by atoms with Gasteiger partial charge in [-0.25, -0.2) is 0 Å². The van der Waals surface area contributed by atoms with Crippen LogP contribution in [-0.4, -0.2) is 51.4 Å². The van der Waals surface area contributed by atoms with Crippen molar-refractivity contribution in [2.75, 3.05) is 13.7 Å². The van der Waals surface area contributed by atoms with Crippen LogP contribution in [-0.2, 0) is 19.0 Å². The van der Waals surface area contributed by atoms with Gasteiger partial charge in [-0.3, -0.25) is 4.79 Å². The van der Waals surface area contributed by atoms with E-state index in [0.717, 1.165) is 38.5 Å². The zero-order valence-corrected chi connectivity index (χ0v) is 22.3. The van der Waals surface area contributed by atoms with Gasteiger partial charge >= 0.3 is 5.97 Å². The predicted octanol–water partition coefficient (Wildman–Crippen LogP) is 5.85. The first-order valence-electron chi connectivity index (χ1n) is 12.8. The lowest BCUT2D eigenvalue weighted by molar-refractivity contribution is -0.209. The molecule has 1 fully saturated rings. The third-order valence-corrected chi connectivity index (χ3v) is 6.86. The second-order valence-corrected chi connectivity index (χ2v) is 14.9. The van der Waals surface area contributed by atoms with E-state index in [1.54, 1.807) is 0 Å². The van der Waals surface area contributed by atoms with E-state index in [1.165, 1.54) is 45.6 Å². The Balaban J connectivity index is 2.18. The Hall–Kier alpha value is -0.873. The third kappa shape index (κ3) is 13.6. The van der Waals surface area contributed by atoms with Crippen LogP contribution in [0, 0.1) is 17.4 Å². The van der Waals surface area contributed by atoms with Crippen LogP contribution < -0.4 is 0 Å². The van der Waals surface area contributed by atoms with Gasteiger partial charge in [-0.2, -0.15) is 0 Å². The second kappa shape index (κ2) is 16.7. The maximum atomic E-state index is 12.2. The van der Waals surface area contributed by atoms with Gasteiger partial charge in [0.1, 0.15) is 8.07 Å². The summed E-state index contributed by atoms with van der Waals surface area (Å²) in [6.07, 6.45) is 12.4. The van der Waals surface area contributed by atoms with Gasteiger partial charge in [-0.1, -0.05) is 64.6 Å². The summed E-state index contributed by atoms with van der Waals surface area (Å²) >= 11 is 0. The Morgan fingerprint density at radius 2 is 1.69 bits per heavy atom. The number of methoxy groups -OCH3 is 1. The maximum Gasteiger partial charge on any atom is 0.311 e. The van der Waals surface area contributed by atoms with Gasteiger partial charge in [0.15, 0.2) is 6.29 Å². The van der Waals surface area contributed by atoms with Gasteiger partial charge in [0.2, 0.25) is 0 Å². The normalized spacial score (nSPS) is 19.5. The van der Waals surface area contributed by atoms with Gasteiger partial charge in [0.05, 0.1) is 25.2 Å². The molecule has 1 aliphatic heterocycles. The molecule has 0 spiro atoms. The number of rotatable bonds is 15. The molecule has 1 heterocycles. The van der Waals surface area contributed by atoms with Crippen molar-refractivity contribution in [1.82, 2.24) is 0 Å². The van der Waals surface area contributed by atoms with E-state index in [4.69, 9.17) is 14.2 Å². The lowest BCUT2D eigenvalue weighted by Gasteiger charge is -2.31. The number of ether oxygens (including phenoxy) is 3. The number of aliphatic hydroxyl groups excluding tert-OH is 1. The van der Waals surface area contributed by atoms with E-state index >= 15 is 0 Å². The van der Waals surface area contributed by atoms with Gasteiger partial charge < -0.3 is 19.3 Å². The average molecular weight is 469 g/mol. The first-order valence-corrected chi connectivity index (χ1v) is 16.3. The summed E-state index contributed by atoms with van der Waals surface area (Å²) in [5.41, 5.74) is 3.43.